The van der Waals surface area contributed by atoms with Crippen molar-refractivity contribution in [3.63, 3.8) is 0 Å². The first-order chi connectivity index (χ1) is 13.0. The summed E-state index contributed by atoms with van der Waals surface area (Å²) in [4.78, 5) is 8.90. The quantitative estimate of drug-likeness (QED) is 0.649. The number of ether oxygens (including phenoxy) is 1. The van der Waals surface area contributed by atoms with Gasteiger partial charge in [0.05, 0.1) is 17.4 Å². The summed E-state index contributed by atoms with van der Waals surface area (Å²) in [6.45, 7) is 5.89. The lowest BCUT2D eigenvalue weighted by molar-refractivity contribution is 0.242. The second-order valence-corrected chi connectivity index (χ2v) is 6.32. The van der Waals surface area contributed by atoms with E-state index in [-0.39, 0.29) is 6.10 Å². The largest absolute Gasteiger partial charge is 0.491 e. The molecule has 3 aromatic rings. The van der Waals surface area contributed by atoms with Crippen LogP contribution in [0.2, 0.25) is 0 Å². The second kappa shape index (κ2) is 8.19. The van der Waals surface area contributed by atoms with Gasteiger partial charge in [0.25, 0.3) is 0 Å². The Labute approximate surface area is 158 Å². The molecule has 6 nitrogen and oxygen atoms in total. The third kappa shape index (κ3) is 4.95. The predicted molar refractivity (Wildman–Crippen MR) is 107 cm³/mol. The molecule has 1 aromatic heterocycles. The van der Waals surface area contributed by atoms with E-state index in [1.165, 1.54) is 0 Å². The van der Waals surface area contributed by atoms with Gasteiger partial charge in [-0.3, -0.25) is 0 Å². The number of hydrogen-bond acceptors (Lipinski definition) is 6. The van der Waals surface area contributed by atoms with Gasteiger partial charge < -0.3 is 15.4 Å². The maximum atomic E-state index is 9.22. The second-order valence-electron chi connectivity index (χ2n) is 6.32. The number of nitriles is 1. The molecule has 0 atom stereocenters. The van der Waals surface area contributed by atoms with E-state index in [2.05, 4.69) is 26.7 Å². The highest BCUT2D eigenvalue weighted by molar-refractivity contribution is 5.65. The third-order valence-corrected chi connectivity index (χ3v) is 3.65. The van der Waals surface area contributed by atoms with Crippen LogP contribution in [0.4, 0.5) is 23.1 Å². The fourth-order valence-corrected chi connectivity index (χ4v) is 2.54. The van der Waals surface area contributed by atoms with Gasteiger partial charge >= 0.3 is 0 Å². The van der Waals surface area contributed by atoms with Gasteiger partial charge in [-0.1, -0.05) is 12.1 Å². The molecular formula is C21H21N5O. The number of anilines is 4. The zero-order valence-corrected chi connectivity index (χ0v) is 15.5. The highest BCUT2D eigenvalue weighted by Crippen LogP contribution is 2.23. The molecule has 0 aliphatic heterocycles. The van der Waals surface area contributed by atoms with Gasteiger partial charge in [0.1, 0.15) is 17.6 Å². The lowest BCUT2D eigenvalue weighted by Crippen LogP contribution is -2.05. The molecule has 0 radical (unpaired) electrons. The molecule has 0 bridgehead atoms. The number of aromatic nitrogens is 2. The molecule has 0 saturated heterocycles. The molecule has 136 valence electrons. The van der Waals surface area contributed by atoms with Crippen molar-refractivity contribution in [2.45, 2.75) is 26.9 Å². The van der Waals surface area contributed by atoms with Crippen molar-refractivity contribution in [1.82, 2.24) is 9.97 Å². The topological polar surface area (TPSA) is 82.9 Å². The van der Waals surface area contributed by atoms with E-state index in [0.717, 1.165) is 17.1 Å². The number of nitrogens with one attached hydrogen (secondary N) is 2. The van der Waals surface area contributed by atoms with Crippen molar-refractivity contribution in [2.75, 3.05) is 10.6 Å². The maximum absolute atomic E-state index is 9.22. The molecule has 0 saturated carbocycles. The van der Waals surface area contributed by atoms with Crippen molar-refractivity contribution < 1.29 is 4.74 Å². The van der Waals surface area contributed by atoms with Crippen LogP contribution in [0.15, 0.2) is 54.6 Å². The number of hydrogen-bond donors (Lipinski definition) is 2. The van der Waals surface area contributed by atoms with Crippen molar-refractivity contribution >= 4 is 23.1 Å². The molecule has 0 amide bonds. The van der Waals surface area contributed by atoms with E-state index >= 15 is 0 Å². The fraction of sp³-hybridized carbons (Fsp3) is 0.190. The third-order valence-electron chi connectivity index (χ3n) is 3.65. The Balaban J connectivity index is 1.78. The number of nitrogens with zero attached hydrogens (tertiary/aromatic N) is 3. The first-order valence-corrected chi connectivity index (χ1v) is 8.69. The van der Waals surface area contributed by atoms with Crippen LogP contribution in [0.1, 0.15) is 25.1 Å². The minimum atomic E-state index is 0.137. The Bertz CT molecular complexity index is 961. The Morgan fingerprint density at radius 1 is 1.00 bits per heavy atom. The van der Waals surface area contributed by atoms with Gasteiger partial charge in [-0.25, -0.2) is 4.98 Å². The SMILES string of the molecule is Cc1cc(Nc2ccc(OC(C)C)cc2)nc(Nc2ccccc2C#N)n1. The van der Waals surface area contributed by atoms with E-state index < -0.39 is 0 Å². The summed E-state index contributed by atoms with van der Waals surface area (Å²) in [6, 6.07) is 19.0. The first-order valence-electron chi connectivity index (χ1n) is 8.69. The molecular weight excluding hydrogens is 338 g/mol. The zero-order chi connectivity index (χ0) is 19.2. The lowest BCUT2D eigenvalue weighted by Gasteiger charge is -2.12. The lowest BCUT2D eigenvalue weighted by atomic mass is 10.2. The number of para-hydroxylation sites is 1. The van der Waals surface area contributed by atoms with E-state index in [4.69, 9.17) is 4.74 Å². The van der Waals surface area contributed by atoms with Crippen LogP contribution < -0.4 is 15.4 Å². The Morgan fingerprint density at radius 2 is 1.74 bits per heavy atom. The Kier molecular flexibility index (Phi) is 5.53. The van der Waals surface area contributed by atoms with Crippen LogP contribution in [0, 0.1) is 18.3 Å². The van der Waals surface area contributed by atoms with E-state index in [9.17, 15) is 5.26 Å². The standard InChI is InChI=1S/C21H21N5O/c1-14(2)27-18-10-8-17(9-11-18)24-20-12-15(3)23-21(26-20)25-19-7-5-4-6-16(19)13-22/h4-12,14H,1-3H3,(H2,23,24,25,26). The molecule has 2 aromatic carbocycles. The van der Waals surface area contributed by atoms with Gasteiger partial charge in [-0.05, 0) is 57.2 Å². The maximum Gasteiger partial charge on any atom is 0.229 e. The average molecular weight is 359 g/mol. The summed E-state index contributed by atoms with van der Waals surface area (Å²) < 4.78 is 5.66. The summed E-state index contributed by atoms with van der Waals surface area (Å²) in [5, 5.41) is 15.6. The first kappa shape index (κ1) is 18.2. The molecule has 6 heteroatoms. The molecule has 0 spiro atoms. The summed E-state index contributed by atoms with van der Waals surface area (Å²) >= 11 is 0. The summed E-state index contributed by atoms with van der Waals surface area (Å²) in [5.41, 5.74) is 2.92. The average Bonchev–Trinajstić information content (AvgIpc) is 2.63. The van der Waals surface area contributed by atoms with Crippen molar-refractivity contribution in [3.8, 4) is 11.8 Å². The molecule has 0 aliphatic carbocycles. The van der Waals surface area contributed by atoms with Gasteiger partial charge in [-0.15, -0.1) is 0 Å². The highest BCUT2D eigenvalue weighted by atomic mass is 16.5. The van der Waals surface area contributed by atoms with Gasteiger partial charge in [0.2, 0.25) is 5.95 Å². The molecule has 1 heterocycles. The number of benzene rings is 2. The summed E-state index contributed by atoms with van der Waals surface area (Å²) in [7, 11) is 0. The van der Waals surface area contributed by atoms with Crippen LogP contribution in [0.3, 0.4) is 0 Å². The minimum Gasteiger partial charge on any atom is -0.491 e. The Morgan fingerprint density at radius 3 is 2.44 bits per heavy atom. The van der Waals surface area contributed by atoms with Crippen molar-refractivity contribution in [1.29, 1.82) is 5.26 Å². The van der Waals surface area contributed by atoms with Crippen LogP contribution in [0.25, 0.3) is 0 Å². The Hall–Kier alpha value is -3.59. The van der Waals surface area contributed by atoms with Crippen molar-refractivity contribution in [3.05, 3.63) is 65.9 Å². The van der Waals surface area contributed by atoms with Crippen LogP contribution in [0.5, 0.6) is 5.75 Å². The summed E-state index contributed by atoms with van der Waals surface area (Å²) in [5.74, 6) is 1.92. The molecule has 27 heavy (non-hydrogen) atoms. The molecule has 2 N–H and O–H groups in total. The predicted octanol–water partition coefficient (Wildman–Crippen LogP) is 4.93. The van der Waals surface area contributed by atoms with Gasteiger partial charge in [0.15, 0.2) is 0 Å². The van der Waals surface area contributed by atoms with Gasteiger partial charge in [0, 0.05) is 17.4 Å². The summed E-state index contributed by atoms with van der Waals surface area (Å²) in [6.07, 6.45) is 0.137. The monoisotopic (exact) mass is 359 g/mol. The minimum absolute atomic E-state index is 0.137. The molecule has 0 fully saturated rings. The number of rotatable bonds is 6. The molecule has 0 unspecified atom stereocenters. The van der Waals surface area contributed by atoms with E-state index in [1.807, 2.05) is 69.3 Å². The van der Waals surface area contributed by atoms with E-state index in [0.29, 0.717) is 23.0 Å². The van der Waals surface area contributed by atoms with Gasteiger partial charge in [-0.2, -0.15) is 10.2 Å². The molecule has 3 rings (SSSR count). The number of aryl methyl sites for hydroxylation is 1. The van der Waals surface area contributed by atoms with Crippen LogP contribution in [-0.2, 0) is 0 Å². The van der Waals surface area contributed by atoms with E-state index in [1.54, 1.807) is 6.07 Å². The smallest absolute Gasteiger partial charge is 0.229 e. The fourth-order valence-electron chi connectivity index (χ4n) is 2.54. The van der Waals surface area contributed by atoms with Crippen molar-refractivity contribution in [2.24, 2.45) is 0 Å². The highest BCUT2D eigenvalue weighted by Gasteiger charge is 2.07. The molecule has 0 aliphatic rings. The normalized spacial score (nSPS) is 10.3. The van der Waals surface area contributed by atoms with Crippen LogP contribution >= 0.6 is 0 Å². The van der Waals surface area contributed by atoms with Crippen LogP contribution in [-0.4, -0.2) is 16.1 Å². The zero-order valence-electron chi connectivity index (χ0n) is 15.5.